The molecule has 1 heterocycles. The van der Waals surface area contributed by atoms with E-state index >= 15 is 0 Å². The number of esters is 1. The molecule has 2 rings (SSSR count). The van der Waals surface area contributed by atoms with Crippen LogP contribution in [0, 0.1) is 11.8 Å². The summed E-state index contributed by atoms with van der Waals surface area (Å²) in [6, 6.07) is 0. The number of rotatable bonds is 0. The molecule has 122 valence electrons. The zero-order chi connectivity index (χ0) is 16.1. The monoisotopic (exact) mass is 302 g/mol. The molecule has 1 aliphatic heterocycles. The second-order valence-corrected chi connectivity index (χ2v) is 7.13. The molecule has 0 spiro atoms. The van der Waals surface area contributed by atoms with Gasteiger partial charge in [-0.05, 0) is 70.6 Å². The Morgan fingerprint density at radius 1 is 1.09 bits per heavy atom. The van der Waals surface area contributed by atoms with Crippen molar-refractivity contribution in [3.63, 3.8) is 0 Å². The summed E-state index contributed by atoms with van der Waals surface area (Å²) >= 11 is 0. The van der Waals surface area contributed by atoms with E-state index in [1.165, 1.54) is 11.1 Å². The van der Waals surface area contributed by atoms with Crippen LogP contribution in [0.15, 0.2) is 35.5 Å². The molecule has 0 saturated carbocycles. The van der Waals surface area contributed by atoms with E-state index in [0.717, 1.165) is 44.9 Å². The van der Waals surface area contributed by atoms with Crippen molar-refractivity contribution < 1.29 is 9.53 Å². The Kier molecular flexibility index (Phi) is 6.05. The molecule has 0 N–H and O–H groups in total. The molecule has 2 heteroatoms. The fourth-order valence-corrected chi connectivity index (χ4v) is 3.42. The maximum atomic E-state index is 12.1. The summed E-state index contributed by atoms with van der Waals surface area (Å²) in [6.45, 7) is 10.6. The van der Waals surface area contributed by atoms with E-state index in [9.17, 15) is 4.79 Å². The molecule has 3 atom stereocenters. The second kappa shape index (κ2) is 7.80. The van der Waals surface area contributed by atoms with E-state index < -0.39 is 0 Å². The standard InChI is InChI=1S/C20H30O2/c1-14-7-5-8-15(2)11-12-18-13-19(16(3)10-6-9-14)22-20(21)17(18)4/h8-9,16,18-19H,4-7,10-13H2,1-3H3/b14-9+,15-8+/t16-,18+,19+/m1/s1. The van der Waals surface area contributed by atoms with Crippen LogP contribution in [-0.4, -0.2) is 12.1 Å². The minimum Gasteiger partial charge on any atom is -0.459 e. The fraction of sp³-hybridized carbons (Fsp3) is 0.650. The lowest BCUT2D eigenvalue weighted by Crippen LogP contribution is -2.35. The largest absolute Gasteiger partial charge is 0.459 e. The lowest BCUT2D eigenvalue weighted by molar-refractivity contribution is -0.152. The first-order valence-electron chi connectivity index (χ1n) is 8.68. The van der Waals surface area contributed by atoms with Crippen molar-refractivity contribution in [3.05, 3.63) is 35.5 Å². The quantitative estimate of drug-likeness (QED) is 0.342. The van der Waals surface area contributed by atoms with Crippen LogP contribution in [0.2, 0.25) is 0 Å². The number of carbonyl (C=O) groups is 1. The molecule has 0 radical (unpaired) electrons. The number of fused-ring (bicyclic) bond motifs is 2. The lowest BCUT2D eigenvalue weighted by atomic mass is 9.81. The van der Waals surface area contributed by atoms with Crippen LogP contribution < -0.4 is 0 Å². The highest BCUT2D eigenvalue weighted by Gasteiger charge is 2.34. The van der Waals surface area contributed by atoms with Gasteiger partial charge in [-0.2, -0.15) is 0 Å². The van der Waals surface area contributed by atoms with Gasteiger partial charge in [-0.15, -0.1) is 0 Å². The molecule has 1 saturated heterocycles. The highest BCUT2D eigenvalue weighted by Crippen LogP contribution is 2.34. The molecule has 0 aromatic heterocycles. The first-order chi connectivity index (χ1) is 10.5. The van der Waals surface area contributed by atoms with Gasteiger partial charge < -0.3 is 4.74 Å². The molecular weight excluding hydrogens is 272 g/mol. The van der Waals surface area contributed by atoms with Crippen molar-refractivity contribution in [3.8, 4) is 0 Å². The van der Waals surface area contributed by atoms with Gasteiger partial charge in [0.2, 0.25) is 0 Å². The number of allylic oxidation sites excluding steroid dienone is 4. The predicted molar refractivity (Wildman–Crippen MR) is 91.5 cm³/mol. The maximum absolute atomic E-state index is 12.1. The van der Waals surface area contributed by atoms with E-state index in [2.05, 4.69) is 39.5 Å². The molecule has 1 aliphatic carbocycles. The Bertz CT molecular complexity index is 484. The zero-order valence-corrected chi connectivity index (χ0v) is 14.4. The molecule has 22 heavy (non-hydrogen) atoms. The first kappa shape index (κ1) is 17.1. The summed E-state index contributed by atoms with van der Waals surface area (Å²) in [5.74, 6) is 0.536. The van der Waals surface area contributed by atoms with Crippen molar-refractivity contribution in [1.29, 1.82) is 0 Å². The van der Waals surface area contributed by atoms with E-state index in [1.807, 2.05) is 0 Å². The third-order valence-corrected chi connectivity index (χ3v) is 5.20. The van der Waals surface area contributed by atoms with Crippen LogP contribution in [0.1, 0.15) is 65.7 Å². The van der Waals surface area contributed by atoms with Gasteiger partial charge in [0.15, 0.2) is 0 Å². The summed E-state index contributed by atoms with van der Waals surface area (Å²) in [4.78, 5) is 12.1. The summed E-state index contributed by atoms with van der Waals surface area (Å²) in [5.41, 5.74) is 3.58. The molecular formula is C20H30O2. The Hall–Kier alpha value is -1.31. The predicted octanol–water partition coefficient (Wildman–Crippen LogP) is 5.36. The Balaban J connectivity index is 2.13. The molecule has 2 nitrogen and oxygen atoms in total. The van der Waals surface area contributed by atoms with Gasteiger partial charge in [-0.3, -0.25) is 0 Å². The number of hydrogen-bond donors (Lipinski definition) is 0. The summed E-state index contributed by atoms with van der Waals surface area (Å²) in [5, 5.41) is 0. The van der Waals surface area contributed by atoms with Crippen LogP contribution in [-0.2, 0) is 9.53 Å². The number of hydrogen-bond acceptors (Lipinski definition) is 2. The van der Waals surface area contributed by atoms with Gasteiger partial charge in [0.05, 0.1) is 0 Å². The van der Waals surface area contributed by atoms with Crippen molar-refractivity contribution >= 4 is 5.97 Å². The van der Waals surface area contributed by atoms with Crippen molar-refractivity contribution in [1.82, 2.24) is 0 Å². The first-order valence-corrected chi connectivity index (χ1v) is 8.68. The van der Waals surface area contributed by atoms with Crippen molar-refractivity contribution in [2.75, 3.05) is 0 Å². The zero-order valence-electron chi connectivity index (χ0n) is 14.4. The smallest absolute Gasteiger partial charge is 0.333 e. The van der Waals surface area contributed by atoms with Gasteiger partial charge in [0.25, 0.3) is 0 Å². The highest BCUT2D eigenvalue weighted by molar-refractivity contribution is 5.89. The van der Waals surface area contributed by atoms with E-state index in [-0.39, 0.29) is 18.0 Å². The second-order valence-electron chi connectivity index (χ2n) is 7.13. The summed E-state index contributed by atoms with van der Waals surface area (Å²) < 4.78 is 5.62. The Morgan fingerprint density at radius 2 is 1.77 bits per heavy atom. The van der Waals surface area contributed by atoms with Crippen molar-refractivity contribution in [2.24, 2.45) is 11.8 Å². The average Bonchev–Trinajstić information content (AvgIpc) is 2.47. The molecule has 1 fully saturated rings. The van der Waals surface area contributed by atoms with E-state index in [4.69, 9.17) is 4.74 Å². The summed E-state index contributed by atoms with van der Waals surface area (Å²) in [7, 11) is 0. The third-order valence-electron chi connectivity index (χ3n) is 5.20. The maximum Gasteiger partial charge on any atom is 0.333 e. The van der Waals surface area contributed by atoms with Crippen LogP contribution in [0.3, 0.4) is 0 Å². The number of ether oxygens (including phenoxy) is 1. The molecule has 2 bridgehead atoms. The van der Waals surface area contributed by atoms with Gasteiger partial charge in [-0.25, -0.2) is 4.79 Å². The van der Waals surface area contributed by atoms with Crippen LogP contribution in [0.25, 0.3) is 0 Å². The molecule has 0 unspecified atom stereocenters. The summed E-state index contributed by atoms with van der Waals surface area (Å²) in [6.07, 6.45) is 12.2. The van der Waals surface area contributed by atoms with E-state index in [1.54, 1.807) is 0 Å². The molecule has 0 aromatic carbocycles. The molecule has 0 aromatic rings. The SMILES string of the molecule is C=C1C(=O)O[C@H]2C[C@@H]1CC/C(C)=C/CC/C(C)=C/CC[C@H]2C. The third kappa shape index (κ3) is 4.59. The highest BCUT2D eigenvalue weighted by atomic mass is 16.5. The minimum atomic E-state index is -0.173. The van der Waals surface area contributed by atoms with Crippen LogP contribution in [0.4, 0.5) is 0 Å². The average molecular weight is 302 g/mol. The molecule has 2 aliphatic rings. The fourth-order valence-electron chi connectivity index (χ4n) is 3.42. The van der Waals surface area contributed by atoms with Crippen LogP contribution >= 0.6 is 0 Å². The number of carbonyl (C=O) groups excluding carboxylic acids is 1. The Morgan fingerprint density at radius 3 is 2.55 bits per heavy atom. The Labute approximate surface area is 135 Å². The van der Waals surface area contributed by atoms with Gasteiger partial charge >= 0.3 is 5.97 Å². The van der Waals surface area contributed by atoms with E-state index in [0.29, 0.717) is 11.5 Å². The van der Waals surface area contributed by atoms with Crippen LogP contribution in [0.5, 0.6) is 0 Å². The molecule has 0 amide bonds. The van der Waals surface area contributed by atoms with Gasteiger partial charge in [0.1, 0.15) is 6.10 Å². The lowest BCUT2D eigenvalue weighted by Gasteiger charge is -2.34. The normalized spacial score (nSPS) is 36.4. The van der Waals surface area contributed by atoms with Crippen molar-refractivity contribution in [2.45, 2.75) is 71.8 Å². The minimum absolute atomic E-state index is 0.0592. The van der Waals surface area contributed by atoms with Gasteiger partial charge in [-0.1, -0.05) is 36.8 Å². The van der Waals surface area contributed by atoms with Gasteiger partial charge in [0, 0.05) is 5.57 Å². The topological polar surface area (TPSA) is 26.3 Å².